The van der Waals surface area contributed by atoms with Crippen LogP contribution in [-0.4, -0.2) is 6.61 Å². The molecule has 2 aromatic carbocycles. The zero-order valence-corrected chi connectivity index (χ0v) is 12.7. The van der Waals surface area contributed by atoms with Crippen molar-refractivity contribution in [2.75, 3.05) is 11.9 Å². The molecule has 0 spiro atoms. The summed E-state index contributed by atoms with van der Waals surface area (Å²) in [4.78, 5) is 0. The molecule has 104 valence electrons. The largest absolute Gasteiger partial charge is 0.493 e. The summed E-state index contributed by atoms with van der Waals surface area (Å²) in [6, 6.07) is 11.0. The molecular formula is C16H15BrFNO. The number of fused-ring (bicyclic) bond motifs is 1. The maximum Gasteiger partial charge on any atom is 0.124 e. The molecule has 0 saturated carbocycles. The van der Waals surface area contributed by atoms with E-state index in [-0.39, 0.29) is 11.9 Å². The predicted octanol–water partition coefficient (Wildman–Crippen LogP) is 4.70. The fraction of sp³-hybridized carbons (Fsp3) is 0.250. The van der Waals surface area contributed by atoms with Gasteiger partial charge in [0.1, 0.15) is 11.6 Å². The average Bonchev–Trinajstić information content (AvgIpc) is 2.85. The minimum Gasteiger partial charge on any atom is -0.493 e. The highest BCUT2D eigenvalue weighted by Gasteiger charge is 2.14. The Labute approximate surface area is 126 Å². The molecule has 1 unspecified atom stereocenters. The molecule has 1 atom stereocenters. The Morgan fingerprint density at radius 2 is 2.10 bits per heavy atom. The van der Waals surface area contributed by atoms with Crippen LogP contribution in [0.4, 0.5) is 10.1 Å². The lowest BCUT2D eigenvalue weighted by Crippen LogP contribution is -2.07. The minimum absolute atomic E-state index is 0.0883. The zero-order valence-electron chi connectivity index (χ0n) is 11.1. The van der Waals surface area contributed by atoms with Gasteiger partial charge >= 0.3 is 0 Å². The molecule has 1 aliphatic rings. The second kappa shape index (κ2) is 5.44. The molecule has 0 aromatic heterocycles. The van der Waals surface area contributed by atoms with E-state index in [1.165, 1.54) is 17.7 Å². The van der Waals surface area contributed by atoms with Gasteiger partial charge in [-0.1, -0.05) is 22.0 Å². The molecule has 4 heteroatoms. The topological polar surface area (TPSA) is 21.3 Å². The van der Waals surface area contributed by atoms with Crippen LogP contribution in [0, 0.1) is 5.82 Å². The van der Waals surface area contributed by atoms with E-state index in [1.54, 1.807) is 6.07 Å². The van der Waals surface area contributed by atoms with E-state index in [9.17, 15) is 4.39 Å². The Hall–Kier alpha value is -1.55. The molecule has 1 aliphatic heterocycles. The van der Waals surface area contributed by atoms with Gasteiger partial charge in [-0.15, -0.1) is 0 Å². The molecule has 2 aromatic rings. The predicted molar refractivity (Wildman–Crippen MR) is 81.8 cm³/mol. The van der Waals surface area contributed by atoms with E-state index in [4.69, 9.17) is 4.74 Å². The van der Waals surface area contributed by atoms with Crippen LogP contribution in [0.15, 0.2) is 40.9 Å². The number of anilines is 1. The third-order valence-corrected chi connectivity index (χ3v) is 4.19. The molecule has 3 rings (SSSR count). The summed E-state index contributed by atoms with van der Waals surface area (Å²) in [6.07, 6.45) is 0.958. The molecule has 0 aliphatic carbocycles. The first kappa shape index (κ1) is 13.4. The number of benzene rings is 2. The van der Waals surface area contributed by atoms with E-state index in [2.05, 4.69) is 34.2 Å². The molecule has 0 saturated heterocycles. The van der Waals surface area contributed by atoms with Gasteiger partial charge in [0.25, 0.3) is 0 Å². The minimum atomic E-state index is -0.234. The Balaban J connectivity index is 1.80. The van der Waals surface area contributed by atoms with Crippen LogP contribution in [0.1, 0.15) is 24.1 Å². The molecule has 0 fully saturated rings. The number of hydrogen-bond donors (Lipinski definition) is 1. The molecule has 1 N–H and O–H groups in total. The number of ether oxygens (including phenoxy) is 1. The molecule has 0 amide bonds. The number of rotatable bonds is 3. The third-order valence-electron chi connectivity index (χ3n) is 3.50. The normalized spacial score (nSPS) is 14.6. The van der Waals surface area contributed by atoms with Gasteiger partial charge in [0.15, 0.2) is 0 Å². The Kier molecular flexibility index (Phi) is 3.66. The van der Waals surface area contributed by atoms with Crippen LogP contribution in [0.5, 0.6) is 5.75 Å². The van der Waals surface area contributed by atoms with Crippen molar-refractivity contribution in [3.8, 4) is 5.75 Å². The number of nitrogens with one attached hydrogen (secondary N) is 1. The lowest BCUT2D eigenvalue weighted by molar-refractivity contribution is 0.357. The highest BCUT2D eigenvalue weighted by atomic mass is 79.9. The maximum atomic E-state index is 13.1. The van der Waals surface area contributed by atoms with Crippen LogP contribution in [-0.2, 0) is 6.42 Å². The fourth-order valence-corrected chi connectivity index (χ4v) is 3.15. The van der Waals surface area contributed by atoms with Crippen LogP contribution < -0.4 is 10.1 Å². The van der Waals surface area contributed by atoms with E-state index < -0.39 is 0 Å². The first-order valence-corrected chi connectivity index (χ1v) is 7.40. The first-order valence-electron chi connectivity index (χ1n) is 6.61. The SMILES string of the molecule is CC(Nc1ccc2c(c1)CCO2)c1ccc(F)cc1Br. The number of hydrogen-bond acceptors (Lipinski definition) is 2. The summed E-state index contributed by atoms with van der Waals surface area (Å²) in [5, 5.41) is 3.44. The van der Waals surface area contributed by atoms with Crippen molar-refractivity contribution in [2.45, 2.75) is 19.4 Å². The van der Waals surface area contributed by atoms with Crippen LogP contribution in [0.25, 0.3) is 0 Å². The highest BCUT2D eigenvalue weighted by Crippen LogP contribution is 2.31. The van der Waals surface area contributed by atoms with Gasteiger partial charge < -0.3 is 10.1 Å². The van der Waals surface area contributed by atoms with Crippen LogP contribution >= 0.6 is 15.9 Å². The smallest absolute Gasteiger partial charge is 0.124 e. The summed E-state index contributed by atoms with van der Waals surface area (Å²) in [7, 11) is 0. The van der Waals surface area contributed by atoms with Gasteiger partial charge in [-0.05, 0) is 48.4 Å². The zero-order chi connectivity index (χ0) is 14.1. The van der Waals surface area contributed by atoms with Crippen molar-refractivity contribution in [1.29, 1.82) is 0 Å². The van der Waals surface area contributed by atoms with E-state index in [1.807, 2.05) is 12.1 Å². The monoisotopic (exact) mass is 335 g/mol. The Bertz CT molecular complexity index is 644. The summed E-state index contributed by atoms with van der Waals surface area (Å²) >= 11 is 3.41. The summed E-state index contributed by atoms with van der Waals surface area (Å²) in [6.45, 7) is 2.82. The van der Waals surface area contributed by atoms with Gasteiger partial charge in [-0.25, -0.2) is 4.39 Å². The molecule has 2 nitrogen and oxygen atoms in total. The lowest BCUT2D eigenvalue weighted by atomic mass is 10.1. The van der Waals surface area contributed by atoms with Gasteiger partial charge in [-0.2, -0.15) is 0 Å². The van der Waals surface area contributed by atoms with Crippen molar-refractivity contribution in [3.63, 3.8) is 0 Å². The van der Waals surface area contributed by atoms with Crippen molar-refractivity contribution in [3.05, 3.63) is 57.8 Å². The average molecular weight is 336 g/mol. The second-order valence-electron chi connectivity index (χ2n) is 4.95. The molecular weight excluding hydrogens is 321 g/mol. The van der Waals surface area contributed by atoms with Gasteiger partial charge in [-0.3, -0.25) is 0 Å². The quantitative estimate of drug-likeness (QED) is 0.877. The van der Waals surface area contributed by atoms with E-state index >= 15 is 0 Å². The first-order chi connectivity index (χ1) is 9.63. The van der Waals surface area contributed by atoms with Crippen molar-refractivity contribution in [2.24, 2.45) is 0 Å². The molecule has 0 bridgehead atoms. The standard InChI is InChI=1S/C16H15BrFNO/c1-10(14-4-2-12(18)9-15(14)17)19-13-3-5-16-11(8-13)6-7-20-16/h2-5,8-10,19H,6-7H2,1H3. The van der Waals surface area contributed by atoms with Crippen LogP contribution in [0.3, 0.4) is 0 Å². The van der Waals surface area contributed by atoms with Gasteiger partial charge in [0.2, 0.25) is 0 Å². The maximum absolute atomic E-state index is 13.1. The van der Waals surface area contributed by atoms with E-state index in [0.717, 1.165) is 34.5 Å². The second-order valence-corrected chi connectivity index (χ2v) is 5.81. The summed E-state index contributed by atoms with van der Waals surface area (Å²) in [5.41, 5.74) is 3.32. The fourth-order valence-electron chi connectivity index (χ4n) is 2.46. The Morgan fingerprint density at radius 1 is 1.25 bits per heavy atom. The highest BCUT2D eigenvalue weighted by molar-refractivity contribution is 9.10. The summed E-state index contributed by atoms with van der Waals surface area (Å²) in [5.74, 6) is 0.744. The van der Waals surface area contributed by atoms with E-state index in [0.29, 0.717) is 0 Å². The third kappa shape index (κ3) is 2.66. The van der Waals surface area contributed by atoms with Crippen molar-refractivity contribution >= 4 is 21.6 Å². The molecule has 20 heavy (non-hydrogen) atoms. The van der Waals surface area contributed by atoms with Gasteiger partial charge in [0, 0.05) is 22.6 Å². The Morgan fingerprint density at radius 3 is 2.90 bits per heavy atom. The van der Waals surface area contributed by atoms with Crippen molar-refractivity contribution < 1.29 is 9.13 Å². The number of halogens is 2. The van der Waals surface area contributed by atoms with Gasteiger partial charge in [0.05, 0.1) is 6.61 Å². The van der Waals surface area contributed by atoms with Crippen LogP contribution in [0.2, 0.25) is 0 Å². The van der Waals surface area contributed by atoms with Crippen molar-refractivity contribution in [1.82, 2.24) is 0 Å². The molecule has 0 radical (unpaired) electrons. The summed E-state index contributed by atoms with van der Waals surface area (Å²) < 4.78 is 19.4. The lowest BCUT2D eigenvalue weighted by Gasteiger charge is -2.17. The molecule has 1 heterocycles.